The number of aliphatic carboxylic acids is 1. The predicted molar refractivity (Wildman–Crippen MR) is 145 cm³/mol. The Morgan fingerprint density at radius 2 is 1.83 bits per heavy atom. The van der Waals surface area contributed by atoms with E-state index in [2.05, 4.69) is 14.9 Å². The van der Waals surface area contributed by atoms with Gasteiger partial charge in [0.15, 0.2) is 0 Å². The Bertz CT molecular complexity index is 1220. The molecule has 2 saturated heterocycles. The van der Waals surface area contributed by atoms with Crippen molar-refractivity contribution in [2.75, 3.05) is 46.4 Å². The van der Waals surface area contributed by atoms with Gasteiger partial charge >= 0.3 is 12.1 Å². The maximum atomic E-state index is 14.2. The third-order valence-corrected chi connectivity index (χ3v) is 9.58. The number of likely N-dealkylation sites (tertiary alicyclic amines) is 2. The Labute approximate surface area is 238 Å². The number of hydrogen-bond acceptors (Lipinski definition) is 5. The first-order valence-corrected chi connectivity index (χ1v) is 14.6. The Hall–Kier alpha value is -2.66. The maximum absolute atomic E-state index is 14.2. The number of hydrogen-bond donors (Lipinski definition) is 1. The summed E-state index contributed by atoms with van der Waals surface area (Å²) in [6, 6.07) is 6.67. The number of ether oxygens (including phenoxy) is 1. The summed E-state index contributed by atoms with van der Waals surface area (Å²) in [5.41, 5.74) is -0.439. The first-order chi connectivity index (χ1) is 19.5. The molecule has 1 aliphatic carbocycles. The molecule has 2 aliphatic heterocycles. The van der Waals surface area contributed by atoms with Crippen LogP contribution in [-0.2, 0) is 18.0 Å². The Morgan fingerprint density at radius 1 is 1.12 bits per heavy atom. The number of rotatable bonds is 8. The van der Waals surface area contributed by atoms with Gasteiger partial charge in [0.1, 0.15) is 11.5 Å². The molecule has 7 nitrogen and oxygen atoms in total. The van der Waals surface area contributed by atoms with E-state index in [1.54, 1.807) is 12.1 Å². The summed E-state index contributed by atoms with van der Waals surface area (Å²) in [6.07, 6.45) is 0.839. The Kier molecular flexibility index (Phi) is 8.66. The molecule has 11 heteroatoms. The molecule has 0 amide bonds. The molecule has 1 aromatic heterocycles. The minimum Gasteiger partial charge on any atom is -0.481 e. The van der Waals surface area contributed by atoms with Crippen LogP contribution in [0.2, 0.25) is 0 Å². The molecule has 3 fully saturated rings. The summed E-state index contributed by atoms with van der Waals surface area (Å²) in [5.74, 6) is -1.09. The molecular weight excluding hydrogens is 540 g/mol. The highest BCUT2D eigenvalue weighted by atomic mass is 19.4. The summed E-state index contributed by atoms with van der Waals surface area (Å²) in [6.45, 7) is 3.86. The highest BCUT2D eigenvalue weighted by molar-refractivity contribution is 5.75. The lowest BCUT2D eigenvalue weighted by molar-refractivity contribution is -0.152. The number of methoxy groups -OCH3 is 1. The zero-order chi connectivity index (χ0) is 29.4. The van der Waals surface area contributed by atoms with Gasteiger partial charge in [0, 0.05) is 44.7 Å². The third kappa shape index (κ3) is 6.26. The van der Waals surface area contributed by atoms with Gasteiger partial charge in [-0.25, -0.2) is 4.39 Å². The molecule has 2 aromatic rings. The van der Waals surface area contributed by atoms with Crippen LogP contribution in [0.15, 0.2) is 24.3 Å². The van der Waals surface area contributed by atoms with E-state index in [1.807, 2.05) is 6.07 Å². The molecule has 1 aromatic carbocycles. The van der Waals surface area contributed by atoms with Crippen molar-refractivity contribution in [1.29, 1.82) is 0 Å². The summed E-state index contributed by atoms with van der Waals surface area (Å²) >= 11 is 0. The molecule has 226 valence electrons. The van der Waals surface area contributed by atoms with Gasteiger partial charge in [0.05, 0.1) is 12.5 Å². The van der Waals surface area contributed by atoms with Crippen LogP contribution in [0.3, 0.4) is 0 Å². The fraction of sp³-hybridized carbons (Fsp3) is 0.667. The zero-order valence-electron chi connectivity index (χ0n) is 23.8. The van der Waals surface area contributed by atoms with Crippen LogP contribution < -0.4 is 4.74 Å². The van der Waals surface area contributed by atoms with Crippen LogP contribution in [0.1, 0.15) is 73.6 Å². The van der Waals surface area contributed by atoms with Crippen LogP contribution in [0.5, 0.6) is 5.88 Å². The Balaban J connectivity index is 1.30. The average molecular weight is 581 g/mol. The molecule has 41 heavy (non-hydrogen) atoms. The molecule has 3 heterocycles. The molecule has 0 unspecified atom stereocenters. The van der Waals surface area contributed by atoms with E-state index in [0.29, 0.717) is 58.4 Å². The number of carboxylic acid groups (broad SMARTS) is 1. The van der Waals surface area contributed by atoms with Crippen molar-refractivity contribution in [3.63, 3.8) is 0 Å². The molecule has 2 atom stereocenters. The summed E-state index contributed by atoms with van der Waals surface area (Å²) < 4.78 is 62.0. The van der Waals surface area contributed by atoms with Gasteiger partial charge < -0.3 is 19.6 Å². The second kappa shape index (κ2) is 11.9. The quantitative estimate of drug-likeness (QED) is 0.415. The van der Waals surface area contributed by atoms with Crippen LogP contribution >= 0.6 is 0 Å². The molecule has 1 saturated carbocycles. The molecule has 0 radical (unpaired) electrons. The lowest BCUT2D eigenvalue weighted by Gasteiger charge is -2.37. The van der Waals surface area contributed by atoms with Gasteiger partial charge in [-0.15, -0.1) is 5.10 Å². The number of benzene rings is 1. The van der Waals surface area contributed by atoms with E-state index >= 15 is 0 Å². The number of alkyl halides is 3. The Morgan fingerprint density at radius 3 is 2.44 bits per heavy atom. The molecule has 0 spiro atoms. The highest BCUT2D eigenvalue weighted by Crippen LogP contribution is 2.44. The number of piperidine rings is 1. The van der Waals surface area contributed by atoms with E-state index in [4.69, 9.17) is 4.74 Å². The minimum absolute atomic E-state index is 0.0333. The van der Waals surface area contributed by atoms with Crippen LogP contribution in [0.25, 0.3) is 0 Å². The zero-order valence-corrected chi connectivity index (χ0v) is 23.8. The fourth-order valence-electron chi connectivity index (χ4n) is 7.59. The van der Waals surface area contributed by atoms with Crippen molar-refractivity contribution in [1.82, 2.24) is 19.6 Å². The van der Waals surface area contributed by atoms with Crippen molar-refractivity contribution in [2.24, 2.45) is 18.4 Å². The highest BCUT2D eigenvalue weighted by Gasteiger charge is 2.45. The first-order valence-electron chi connectivity index (χ1n) is 14.6. The number of aryl methyl sites for hydroxylation is 1. The summed E-state index contributed by atoms with van der Waals surface area (Å²) in [4.78, 5) is 16.9. The number of nitrogens with zero attached hydrogens (tertiary/aromatic N) is 4. The van der Waals surface area contributed by atoms with E-state index < -0.39 is 23.3 Å². The SMILES string of the molecule is COc1nn(C)c(C(F)(F)F)c1C1CCN(C[C@@H]2CN(CC3(C(=O)O)CCCCC3)C[C@@H]2c2cccc(F)c2)CC1. The predicted octanol–water partition coefficient (Wildman–Crippen LogP) is 5.52. The standard InChI is InChI=1S/C30H40F4N4O3/c1-36-26(30(32,33)34)25(27(35-36)41-2)20-9-13-37(14-10-20)16-22-17-38(18-24(22)21-7-6-8-23(31)15-21)19-29(28(39)40)11-4-3-5-12-29/h6-8,15,20,22,24H,3-5,9-14,16-19H2,1-2H3,(H,39,40)/t22-,24-/m1/s1. The van der Waals surface area contributed by atoms with Gasteiger partial charge in [0.25, 0.3) is 0 Å². The van der Waals surface area contributed by atoms with Crippen molar-refractivity contribution >= 4 is 5.97 Å². The van der Waals surface area contributed by atoms with E-state index in [9.17, 15) is 27.5 Å². The fourth-order valence-corrected chi connectivity index (χ4v) is 7.59. The topological polar surface area (TPSA) is 70.8 Å². The van der Waals surface area contributed by atoms with Crippen LogP contribution in [0, 0.1) is 17.2 Å². The first kappa shape index (κ1) is 29.8. The molecule has 0 bridgehead atoms. The van der Waals surface area contributed by atoms with Gasteiger partial charge in [-0.2, -0.15) is 13.2 Å². The van der Waals surface area contributed by atoms with Crippen LogP contribution in [0.4, 0.5) is 17.6 Å². The van der Waals surface area contributed by atoms with Crippen LogP contribution in [-0.4, -0.2) is 77.0 Å². The largest absolute Gasteiger partial charge is 0.481 e. The summed E-state index contributed by atoms with van der Waals surface area (Å²) in [7, 11) is 2.64. The number of carbonyl (C=O) groups is 1. The monoisotopic (exact) mass is 580 g/mol. The van der Waals surface area contributed by atoms with Gasteiger partial charge in [0.2, 0.25) is 5.88 Å². The van der Waals surface area contributed by atoms with Crippen molar-refractivity contribution in [3.05, 3.63) is 46.9 Å². The number of aromatic nitrogens is 2. The maximum Gasteiger partial charge on any atom is 0.433 e. The van der Waals surface area contributed by atoms with Crippen molar-refractivity contribution in [2.45, 2.75) is 63.0 Å². The van der Waals surface area contributed by atoms with Gasteiger partial charge in [-0.1, -0.05) is 31.4 Å². The molecular formula is C30H40F4N4O3. The van der Waals surface area contributed by atoms with E-state index in [-0.39, 0.29) is 35.0 Å². The minimum atomic E-state index is -4.53. The molecule has 3 aliphatic rings. The number of carboxylic acids is 1. The average Bonchev–Trinajstić information content (AvgIpc) is 3.49. The normalized spacial score (nSPS) is 24.5. The smallest absolute Gasteiger partial charge is 0.433 e. The third-order valence-electron chi connectivity index (χ3n) is 9.58. The lowest BCUT2D eigenvalue weighted by Crippen LogP contribution is -2.44. The second-order valence-corrected chi connectivity index (χ2v) is 12.2. The molecule has 1 N–H and O–H groups in total. The lowest BCUT2D eigenvalue weighted by atomic mass is 9.73. The van der Waals surface area contributed by atoms with Gasteiger partial charge in [-0.3, -0.25) is 9.48 Å². The van der Waals surface area contributed by atoms with E-state index in [0.717, 1.165) is 36.1 Å². The van der Waals surface area contributed by atoms with Gasteiger partial charge in [-0.05, 0) is 68.3 Å². The van der Waals surface area contributed by atoms with Crippen molar-refractivity contribution < 1.29 is 32.2 Å². The van der Waals surface area contributed by atoms with Crippen molar-refractivity contribution in [3.8, 4) is 5.88 Å². The molecule has 5 rings (SSSR count). The second-order valence-electron chi connectivity index (χ2n) is 12.2. The summed E-state index contributed by atoms with van der Waals surface area (Å²) in [5, 5.41) is 14.1. The number of halogens is 4. The van der Waals surface area contributed by atoms with E-state index in [1.165, 1.54) is 20.2 Å².